The number of nitrogens with zero attached hydrogens (tertiary/aromatic N) is 5. The standard InChI is InChI=1S/C43H28F2N5O.Pt/c1-27-24-46-25-28(2)43(27)29-19-31(48-26-49(40-12-6-5-11-39(40)48)38-17-14-30(44)21-36(38)45)22-33(20-29)51-32-15-16-35-34-9-3-4-10-37(34)50(41(35)23-32)42-13-7-8-18-47-42;/h3-21,24-26H,1-2H3;/q-3;. The molecule has 0 atom stereocenters. The van der Waals surface area contributed by atoms with Gasteiger partial charge in [0.05, 0.1) is 0 Å². The molecular weight excluding hydrogens is 836 g/mol. The second-order valence-electron chi connectivity index (χ2n) is 12.4. The van der Waals surface area contributed by atoms with E-state index >= 15 is 4.39 Å². The van der Waals surface area contributed by atoms with Crippen LogP contribution in [0, 0.1) is 44.3 Å². The minimum atomic E-state index is -0.665. The summed E-state index contributed by atoms with van der Waals surface area (Å²) in [5, 5.41) is 2.12. The van der Waals surface area contributed by atoms with Crippen molar-refractivity contribution >= 4 is 44.6 Å². The normalized spacial score (nSPS) is 12.3. The molecule has 0 saturated carbocycles. The molecule has 0 bridgehead atoms. The van der Waals surface area contributed by atoms with Crippen molar-refractivity contribution in [3.8, 4) is 28.4 Å². The molecule has 1 aliphatic rings. The molecule has 0 unspecified atom stereocenters. The zero-order chi connectivity index (χ0) is 34.6. The molecule has 3 aromatic heterocycles. The molecule has 4 heterocycles. The van der Waals surface area contributed by atoms with E-state index in [-0.39, 0.29) is 26.8 Å². The van der Waals surface area contributed by atoms with Crippen LogP contribution in [0.3, 0.4) is 0 Å². The van der Waals surface area contributed by atoms with Crippen molar-refractivity contribution in [1.82, 2.24) is 14.5 Å². The SMILES string of the molecule is Cc1cncc(C)c1-c1cc(Oc2[c-]c3c(cc2)c2ccccc2n3-c2ccccn2)[c-]c(N2[CH-]N(c3ccc(F)cc3F)c3ccccc32)c1.[Pt]. The Morgan fingerprint density at radius 3 is 2.21 bits per heavy atom. The number of hydrogen-bond donors (Lipinski definition) is 0. The first kappa shape index (κ1) is 33.3. The Balaban J connectivity index is 0.00000387. The van der Waals surface area contributed by atoms with E-state index in [0.717, 1.165) is 67.3 Å². The first-order chi connectivity index (χ1) is 24.9. The minimum Gasteiger partial charge on any atom is -0.509 e. The van der Waals surface area contributed by atoms with Crippen LogP contribution in [-0.4, -0.2) is 14.5 Å². The van der Waals surface area contributed by atoms with Gasteiger partial charge in [-0.15, -0.1) is 53.6 Å². The zero-order valence-electron chi connectivity index (χ0n) is 27.9. The smallest absolute Gasteiger partial charge is 0.147 e. The van der Waals surface area contributed by atoms with Crippen LogP contribution >= 0.6 is 0 Å². The van der Waals surface area contributed by atoms with E-state index in [1.807, 2.05) is 110 Å². The van der Waals surface area contributed by atoms with Crippen molar-refractivity contribution in [3.63, 3.8) is 0 Å². The Morgan fingerprint density at radius 2 is 1.44 bits per heavy atom. The maximum Gasteiger partial charge on any atom is 0.147 e. The molecule has 0 N–H and O–H groups in total. The fourth-order valence-electron chi connectivity index (χ4n) is 6.96. The summed E-state index contributed by atoms with van der Waals surface area (Å²) in [6.07, 6.45) is 5.46. The molecule has 9 heteroatoms. The summed E-state index contributed by atoms with van der Waals surface area (Å²) in [6, 6.07) is 40.3. The summed E-state index contributed by atoms with van der Waals surface area (Å²) < 4.78 is 37.8. The maximum absolute atomic E-state index is 15.2. The van der Waals surface area contributed by atoms with Crippen molar-refractivity contribution in [2.75, 3.05) is 9.80 Å². The predicted molar refractivity (Wildman–Crippen MR) is 197 cm³/mol. The van der Waals surface area contributed by atoms with E-state index < -0.39 is 11.6 Å². The number of rotatable bonds is 6. The molecule has 0 fully saturated rings. The van der Waals surface area contributed by atoms with Gasteiger partial charge in [0, 0.05) is 79.8 Å². The van der Waals surface area contributed by atoms with Crippen LogP contribution in [0.1, 0.15) is 11.1 Å². The summed E-state index contributed by atoms with van der Waals surface area (Å²) in [7, 11) is 0. The molecule has 0 amide bonds. The monoisotopic (exact) mass is 863 g/mol. The molecule has 6 nitrogen and oxygen atoms in total. The molecule has 52 heavy (non-hydrogen) atoms. The summed E-state index contributed by atoms with van der Waals surface area (Å²) in [5.41, 5.74) is 8.22. The summed E-state index contributed by atoms with van der Waals surface area (Å²) >= 11 is 0. The quantitative estimate of drug-likeness (QED) is 0.156. The zero-order valence-corrected chi connectivity index (χ0v) is 30.2. The van der Waals surface area contributed by atoms with Gasteiger partial charge >= 0.3 is 0 Å². The van der Waals surface area contributed by atoms with Gasteiger partial charge in [-0.1, -0.05) is 41.9 Å². The number of aryl methyl sites for hydroxylation is 2. The molecule has 258 valence electrons. The first-order valence-electron chi connectivity index (χ1n) is 16.4. The van der Waals surface area contributed by atoms with Gasteiger partial charge in [-0.2, -0.15) is 6.07 Å². The van der Waals surface area contributed by atoms with E-state index in [9.17, 15) is 4.39 Å². The fraction of sp³-hybridized carbons (Fsp3) is 0.0465. The van der Waals surface area contributed by atoms with Crippen LogP contribution < -0.4 is 14.5 Å². The third-order valence-electron chi connectivity index (χ3n) is 9.16. The van der Waals surface area contributed by atoms with Crippen molar-refractivity contribution in [2.45, 2.75) is 13.8 Å². The number of benzene rings is 5. The number of aromatic nitrogens is 3. The third kappa shape index (κ3) is 5.69. The Hall–Kier alpha value is -5.85. The number of para-hydroxylation sites is 3. The first-order valence-corrected chi connectivity index (χ1v) is 16.4. The molecule has 8 aromatic rings. The number of fused-ring (bicyclic) bond motifs is 4. The summed E-state index contributed by atoms with van der Waals surface area (Å²) in [6.45, 7) is 5.84. The second kappa shape index (κ2) is 13.4. The van der Waals surface area contributed by atoms with Crippen LogP contribution in [0.2, 0.25) is 0 Å². The van der Waals surface area contributed by atoms with Crippen molar-refractivity contribution < 1.29 is 34.6 Å². The van der Waals surface area contributed by atoms with E-state index in [4.69, 9.17) is 4.74 Å². The minimum absolute atomic E-state index is 0. The summed E-state index contributed by atoms with van der Waals surface area (Å²) in [5.74, 6) is 0.447. The Morgan fingerprint density at radius 1 is 0.692 bits per heavy atom. The number of anilines is 4. The fourth-order valence-corrected chi connectivity index (χ4v) is 6.96. The maximum atomic E-state index is 15.2. The largest absolute Gasteiger partial charge is 0.509 e. The van der Waals surface area contributed by atoms with Gasteiger partial charge in [0.2, 0.25) is 0 Å². The second-order valence-corrected chi connectivity index (χ2v) is 12.4. The molecular formula is C43H28F2N5OPt-3. The van der Waals surface area contributed by atoms with Crippen molar-refractivity contribution in [3.05, 3.63) is 169 Å². The Bertz CT molecular complexity index is 2610. The van der Waals surface area contributed by atoms with Gasteiger partial charge in [0.15, 0.2) is 0 Å². The van der Waals surface area contributed by atoms with E-state index in [2.05, 4.69) is 38.8 Å². The van der Waals surface area contributed by atoms with Gasteiger partial charge in [0.25, 0.3) is 0 Å². The van der Waals surface area contributed by atoms with Gasteiger partial charge in [-0.25, -0.2) is 13.8 Å². The number of hydrogen-bond acceptors (Lipinski definition) is 5. The van der Waals surface area contributed by atoms with Crippen LogP contribution in [-0.2, 0) is 21.1 Å². The van der Waals surface area contributed by atoms with Crippen molar-refractivity contribution in [1.29, 1.82) is 0 Å². The van der Waals surface area contributed by atoms with Gasteiger partial charge in [-0.3, -0.25) is 4.98 Å². The summed E-state index contributed by atoms with van der Waals surface area (Å²) in [4.78, 5) is 12.7. The van der Waals surface area contributed by atoms with Gasteiger partial charge < -0.3 is 19.1 Å². The molecule has 1 aliphatic heterocycles. The average Bonchev–Trinajstić information content (AvgIpc) is 3.68. The van der Waals surface area contributed by atoms with Crippen LogP contribution in [0.25, 0.3) is 38.8 Å². The number of pyridine rings is 2. The van der Waals surface area contributed by atoms with Crippen molar-refractivity contribution in [2.24, 2.45) is 0 Å². The van der Waals surface area contributed by atoms with E-state index in [1.165, 1.54) is 12.1 Å². The molecule has 0 saturated heterocycles. The van der Waals surface area contributed by atoms with E-state index in [0.29, 0.717) is 17.2 Å². The van der Waals surface area contributed by atoms with Crippen LogP contribution in [0.4, 0.5) is 31.5 Å². The van der Waals surface area contributed by atoms with Gasteiger partial charge in [-0.05, 0) is 78.4 Å². The van der Waals surface area contributed by atoms with Crippen LogP contribution in [0.15, 0.2) is 128 Å². The number of halogens is 2. The Kier molecular flexibility index (Phi) is 8.56. The molecule has 0 spiro atoms. The molecule has 5 aromatic carbocycles. The van der Waals surface area contributed by atoms with Gasteiger partial charge in [0.1, 0.15) is 17.5 Å². The molecule has 9 rings (SSSR count). The topological polar surface area (TPSA) is 46.4 Å². The van der Waals surface area contributed by atoms with E-state index in [1.54, 1.807) is 17.8 Å². The predicted octanol–water partition coefficient (Wildman–Crippen LogP) is 10.9. The third-order valence-corrected chi connectivity index (χ3v) is 9.16. The molecule has 0 aliphatic carbocycles. The van der Waals surface area contributed by atoms with Crippen LogP contribution in [0.5, 0.6) is 11.5 Å². The Labute approximate surface area is 313 Å². The average molecular weight is 864 g/mol. The molecule has 0 radical (unpaired) electrons. The number of ether oxygens (including phenoxy) is 1.